The molecule has 0 atom stereocenters. The van der Waals surface area contributed by atoms with Crippen molar-refractivity contribution in [2.45, 2.75) is 70.1 Å². The highest BCUT2D eigenvalue weighted by Gasteiger charge is 2.48. The van der Waals surface area contributed by atoms with E-state index >= 15 is 0 Å². The van der Waals surface area contributed by atoms with Crippen molar-refractivity contribution in [3.63, 3.8) is 0 Å². The normalized spacial score (nSPS) is 17.2. The molecule has 71 heavy (non-hydrogen) atoms. The van der Waals surface area contributed by atoms with Crippen molar-refractivity contribution >= 4 is 43.0 Å². The standard InChI is InChI=1S/C54H46B2NO14/c1-53(2)24-13-7-6-12-20(24)21-16-27-22(17-26(21)53)31-25(54(27,3)4)14-9-15-28(31)57-38-36(40(58)23(18-29(71-5)41(38)59)32-44(62)48(66)35(55)49(67)45(32)63)56-37-39(57)43(61)30(19-10-8-11-19)33(42(37)60)34-46(64)50(68)52(70)51(69)47(34)65/h6-7,9,12-17,19,58-70H,8,10-11,18H2,1-5H3. The number of phenolic OH excluding ortho intramolecular Hbond substituents is 11. The number of fused-ring (bicyclic) bond motifs is 7. The van der Waals surface area contributed by atoms with Crippen LogP contribution in [0.3, 0.4) is 0 Å². The highest BCUT2D eigenvalue weighted by atomic mass is 16.5. The van der Waals surface area contributed by atoms with Gasteiger partial charge in [0.1, 0.15) is 30.9 Å². The zero-order valence-electron chi connectivity index (χ0n) is 38.9. The van der Waals surface area contributed by atoms with Crippen LogP contribution in [0.15, 0.2) is 83.0 Å². The monoisotopic (exact) mass is 954 g/mol. The summed E-state index contributed by atoms with van der Waals surface area (Å²) in [6, 6.07) is 18.1. The van der Waals surface area contributed by atoms with Gasteiger partial charge in [0.15, 0.2) is 40.3 Å². The fourth-order valence-corrected chi connectivity index (χ4v) is 11.6. The van der Waals surface area contributed by atoms with Gasteiger partial charge in [0, 0.05) is 39.5 Å². The number of aliphatic hydroxyl groups is 2. The van der Waals surface area contributed by atoms with Gasteiger partial charge in [0.2, 0.25) is 24.5 Å². The van der Waals surface area contributed by atoms with Gasteiger partial charge >= 0.3 is 0 Å². The Kier molecular flexibility index (Phi) is 9.43. The second-order valence-corrected chi connectivity index (χ2v) is 19.8. The van der Waals surface area contributed by atoms with Gasteiger partial charge in [-0.3, -0.25) is 0 Å². The van der Waals surface area contributed by atoms with Gasteiger partial charge in [-0.1, -0.05) is 70.5 Å². The Hall–Kier alpha value is -8.33. The molecule has 17 heteroatoms. The van der Waals surface area contributed by atoms with E-state index in [4.69, 9.17) is 12.6 Å². The van der Waals surface area contributed by atoms with Crippen LogP contribution in [-0.4, -0.2) is 88.6 Å². The number of hydrogen-bond acceptors (Lipinski definition) is 15. The lowest BCUT2D eigenvalue weighted by Gasteiger charge is -2.39. The fourth-order valence-electron chi connectivity index (χ4n) is 11.6. The Bertz CT molecular complexity index is 3510. The zero-order chi connectivity index (χ0) is 50.8. The summed E-state index contributed by atoms with van der Waals surface area (Å²) in [5.74, 6) is -13.9. The maximum atomic E-state index is 13.1. The molecule has 5 aliphatic rings. The Morgan fingerprint density at radius 1 is 0.563 bits per heavy atom. The molecular formula is C54H46B2NO14. The number of rotatable bonds is 5. The molecule has 0 saturated heterocycles. The topological polar surface area (TPSA) is 275 Å². The van der Waals surface area contributed by atoms with Crippen molar-refractivity contribution in [2.75, 3.05) is 12.0 Å². The molecule has 1 fully saturated rings. The van der Waals surface area contributed by atoms with E-state index in [-0.39, 0.29) is 33.6 Å². The number of aromatic hydroxyl groups is 11. The maximum Gasteiger partial charge on any atom is 0.208 e. The molecule has 0 unspecified atom stereocenters. The van der Waals surface area contributed by atoms with Crippen molar-refractivity contribution < 1.29 is 71.1 Å². The van der Waals surface area contributed by atoms with E-state index in [9.17, 15) is 66.4 Å². The number of hydrogen-bond donors (Lipinski definition) is 13. The number of benzene rings is 6. The van der Waals surface area contributed by atoms with Crippen molar-refractivity contribution in [1.82, 2.24) is 0 Å². The van der Waals surface area contributed by atoms with Gasteiger partial charge < -0.3 is 76.0 Å². The van der Waals surface area contributed by atoms with Gasteiger partial charge in [-0.05, 0) is 92.3 Å². The van der Waals surface area contributed by atoms with Gasteiger partial charge in [-0.25, -0.2) is 0 Å². The summed E-state index contributed by atoms with van der Waals surface area (Å²) >= 11 is 0. The number of ether oxygens (including phenoxy) is 1. The van der Waals surface area contributed by atoms with E-state index in [0.29, 0.717) is 30.5 Å². The summed E-state index contributed by atoms with van der Waals surface area (Å²) in [5.41, 5.74) is 2.52. The summed E-state index contributed by atoms with van der Waals surface area (Å²) in [5, 5.41) is 151. The number of anilines is 2. The van der Waals surface area contributed by atoms with E-state index in [1.807, 2.05) is 18.2 Å². The molecular weight excluding hydrogens is 908 g/mol. The highest BCUT2D eigenvalue weighted by Crippen LogP contribution is 2.64. The van der Waals surface area contributed by atoms with Crippen LogP contribution in [0.5, 0.6) is 63.2 Å². The average molecular weight is 955 g/mol. The first-order valence-corrected chi connectivity index (χ1v) is 22.8. The molecule has 1 heterocycles. The third-order valence-corrected chi connectivity index (χ3v) is 15.6. The molecule has 11 rings (SSSR count). The van der Waals surface area contributed by atoms with E-state index in [0.717, 1.165) is 46.2 Å². The molecule has 6 aromatic carbocycles. The summed E-state index contributed by atoms with van der Waals surface area (Å²) in [6.07, 6.45) is 0.898. The van der Waals surface area contributed by atoms with Crippen LogP contribution in [0.4, 0.5) is 11.4 Å². The van der Waals surface area contributed by atoms with Crippen LogP contribution in [-0.2, 0) is 15.6 Å². The summed E-state index contributed by atoms with van der Waals surface area (Å²) in [6.45, 7) is 8.46. The van der Waals surface area contributed by atoms with Gasteiger partial charge in [-0.15, -0.1) is 0 Å². The Labute approximate surface area is 408 Å². The van der Waals surface area contributed by atoms with Crippen molar-refractivity contribution in [2.24, 2.45) is 0 Å². The van der Waals surface area contributed by atoms with Gasteiger partial charge in [0.25, 0.3) is 0 Å². The molecule has 1 aliphatic heterocycles. The molecule has 6 aromatic rings. The Balaban J connectivity index is 1.29. The lowest BCUT2D eigenvalue weighted by Crippen LogP contribution is -2.38. The zero-order valence-corrected chi connectivity index (χ0v) is 38.9. The molecule has 15 nitrogen and oxygen atoms in total. The van der Waals surface area contributed by atoms with Crippen molar-refractivity contribution in [3.8, 4) is 96.6 Å². The quantitative estimate of drug-likeness (QED) is 0.0440. The third kappa shape index (κ3) is 5.68. The lowest BCUT2D eigenvalue weighted by molar-refractivity contribution is 0.252. The molecule has 13 N–H and O–H groups in total. The second kappa shape index (κ2) is 14.8. The lowest BCUT2D eigenvalue weighted by atomic mass is 9.56. The first-order chi connectivity index (χ1) is 33.6. The van der Waals surface area contributed by atoms with E-state index in [1.165, 1.54) is 12.0 Å². The van der Waals surface area contributed by atoms with Crippen molar-refractivity contribution in [3.05, 3.63) is 116 Å². The molecule has 4 aliphatic carbocycles. The minimum absolute atomic E-state index is 0.0390. The number of methoxy groups -OCH3 is 1. The van der Waals surface area contributed by atoms with Crippen LogP contribution >= 0.6 is 0 Å². The van der Waals surface area contributed by atoms with Crippen molar-refractivity contribution in [1.29, 1.82) is 0 Å². The SMILES string of the molecule is [B]c1c(O)c(O)c(C2=C(O)C3=C(C(O)=C(OC)C2)N(c2cccc4c2-c2cc5c(cc2C4(C)C)-c2ccccc2C5(C)C)c2c(O)c(C4CCC4)c(-c4c(O)c(O)c(O)c(O)c4O)c(O)c2[B]3)c(O)c1O. The van der Waals surface area contributed by atoms with Gasteiger partial charge in [0.05, 0.1) is 35.3 Å². The van der Waals surface area contributed by atoms with Crippen LogP contribution in [0.25, 0.3) is 39.0 Å². The third-order valence-electron chi connectivity index (χ3n) is 15.6. The number of nitrogens with zero attached hydrogens (tertiary/aromatic N) is 1. The molecule has 0 aromatic heterocycles. The van der Waals surface area contributed by atoms with Crippen LogP contribution in [0, 0.1) is 0 Å². The molecule has 0 amide bonds. The largest absolute Gasteiger partial charge is 0.508 e. The van der Waals surface area contributed by atoms with Crippen LogP contribution < -0.4 is 15.8 Å². The predicted octanol–water partition coefficient (Wildman–Crippen LogP) is 8.27. The average Bonchev–Trinajstić information content (AvgIpc) is 3.66. The molecule has 3 radical (unpaired) electrons. The summed E-state index contributed by atoms with van der Waals surface area (Å²) in [4.78, 5) is 1.44. The van der Waals surface area contributed by atoms with Crippen LogP contribution in [0.1, 0.15) is 92.7 Å². The van der Waals surface area contributed by atoms with Crippen LogP contribution in [0.2, 0.25) is 0 Å². The first-order valence-electron chi connectivity index (χ1n) is 22.8. The summed E-state index contributed by atoms with van der Waals surface area (Å²) < 4.78 is 5.79. The number of allylic oxidation sites excluding steroid dienone is 2. The Morgan fingerprint density at radius 3 is 1.75 bits per heavy atom. The molecule has 357 valence electrons. The Morgan fingerprint density at radius 2 is 1.13 bits per heavy atom. The molecule has 1 saturated carbocycles. The van der Waals surface area contributed by atoms with E-state index < -0.39 is 126 Å². The summed E-state index contributed by atoms with van der Waals surface area (Å²) in [7, 11) is 8.17. The predicted molar refractivity (Wildman–Crippen MR) is 266 cm³/mol. The first kappa shape index (κ1) is 45.1. The smallest absolute Gasteiger partial charge is 0.208 e. The van der Waals surface area contributed by atoms with Gasteiger partial charge in [-0.2, -0.15) is 0 Å². The minimum Gasteiger partial charge on any atom is -0.508 e. The number of phenols is 11. The van der Waals surface area contributed by atoms with E-state index in [2.05, 4.69) is 52.0 Å². The second-order valence-electron chi connectivity index (χ2n) is 19.8. The molecule has 0 spiro atoms. The maximum absolute atomic E-state index is 13.1. The fraction of sp³-hybridized carbons (Fsp3) is 0.222. The highest BCUT2D eigenvalue weighted by molar-refractivity contribution is 6.67. The number of aliphatic hydroxyl groups excluding tert-OH is 2. The minimum atomic E-state index is -1.26. The molecule has 0 bridgehead atoms. The van der Waals surface area contributed by atoms with E-state index in [1.54, 1.807) is 12.1 Å².